The molecule has 1 fully saturated rings. The number of hydrogen-bond acceptors (Lipinski definition) is 14. The van der Waals surface area contributed by atoms with Crippen molar-refractivity contribution in [3.8, 4) is 0 Å². The molecule has 2 heterocycles. The zero-order chi connectivity index (χ0) is 55.4. The molecule has 9 amide bonds. The summed E-state index contributed by atoms with van der Waals surface area (Å²) in [5, 5.41) is 21.0. The molecule has 22 nitrogen and oxygen atoms in total. The van der Waals surface area contributed by atoms with Crippen molar-refractivity contribution in [1.82, 2.24) is 46.7 Å². The third-order valence-corrected chi connectivity index (χ3v) is 13.9. The number of nitrogens with zero attached hydrogens (tertiary/aromatic N) is 3. The summed E-state index contributed by atoms with van der Waals surface area (Å²) in [7, 11) is 4.68. The Morgan fingerprint density at radius 1 is 0.851 bits per heavy atom. The van der Waals surface area contributed by atoms with Gasteiger partial charge in [0, 0.05) is 52.0 Å². The topological polar surface area (TPSA) is 285 Å². The molecule has 0 spiro atoms. The highest BCUT2D eigenvalue weighted by Gasteiger charge is 2.43. The second-order valence-corrected chi connectivity index (χ2v) is 20.9. The first-order chi connectivity index (χ1) is 34.8. The first-order valence-corrected chi connectivity index (χ1v) is 26.0. The van der Waals surface area contributed by atoms with Crippen LogP contribution in [0.4, 0.5) is 10.5 Å². The number of thiazole rings is 1. The van der Waals surface area contributed by atoms with E-state index in [-0.39, 0.29) is 61.7 Å². The highest BCUT2D eigenvalue weighted by molar-refractivity contribution is 7.09. The van der Waals surface area contributed by atoms with E-state index in [0.29, 0.717) is 37.2 Å². The van der Waals surface area contributed by atoms with Crippen molar-refractivity contribution >= 4 is 70.4 Å². The zero-order valence-electron chi connectivity index (χ0n) is 45.3. The molecule has 412 valence electrons. The summed E-state index contributed by atoms with van der Waals surface area (Å²) in [4.78, 5) is 125. The predicted molar refractivity (Wildman–Crippen MR) is 278 cm³/mol. The van der Waals surface area contributed by atoms with E-state index in [2.05, 4.69) is 42.2 Å². The van der Waals surface area contributed by atoms with Crippen molar-refractivity contribution < 1.29 is 57.4 Å². The van der Waals surface area contributed by atoms with Crippen LogP contribution >= 0.6 is 11.3 Å². The average Bonchev–Trinajstić information content (AvgIpc) is 4.07. The van der Waals surface area contributed by atoms with Crippen molar-refractivity contribution in [2.24, 2.45) is 23.7 Å². The number of benzene rings is 1. The van der Waals surface area contributed by atoms with E-state index < -0.39 is 83.3 Å². The molecule has 1 aliphatic rings. The molecule has 0 aliphatic carbocycles. The lowest BCUT2D eigenvalue weighted by atomic mass is 9.89. The molecule has 1 aromatic heterocycles. The van der Waals surface area contributed by atoms with Crippen LogP contribution < -0.4 is 37.2 Å². The second-order valence-electron chi connectivity index (χ2n) is 19.9. The van der Waals surface area contributed by atoms with E-state index >= 15 is 0 Å². The Morgan fingerprint density at radius 2 is 1.50 bits per heavy atom. The van der Waals surface area contributed by atoms with E-state index in [9.17, 15) is 43.2 Å². The quantitative estimate of drug-likeness (QED) is 0.0647. The van der Waals surface area contributed by atoms with Crippen LogP contribution in [0.3, 0.4) is 0 Å². The molecule has 23 heteroatoms. The van der Waals surface area contributed by atoms with Crippen LogP contribution in [0.5, 0.6) is 0 Å². The molecular weight excluding hydrogens is 977 g/mol. The molecule has 74 heavy (non-hydrogen) atoms. The fourth-order valence-corrected chi connectivity index (χ4v) is 9.21. The van der Waals surface area contributed by atoms with Gasteiger partial charge in [-0.2, -0.15) is 0 Å². The van der Waals surface area contributed by atoms with Crippen molar-refractivity contribution in [1.29, 1.82) is 0 Å². The third-order valence-electron chi connectivity index (χ3n) is 13.2. The summed E-state index contributed by atoms with van der Waals surface area (Å²) in [5.74, 6) is -4.90. The number of rotatable bonds is 28. The van der Waals surface area contributed by atoms with Gasteiger partial charge in [-0.15, -0.1) is 11.3 Å². The predicted octanol–water partition coefficient (Wildman–Crippen LogP) is 2.86. The first kappa shape index (κ1) is 62.1. The van der Waals surface area contributed by atoms with E-state index in [1.165, 1.54) is 39.2 Å². The number of likely N-dealkylation sites (N-methyl/N-ethyl adjacent to an activating group) is 1. The maximum absolute atomic E-state index is 14.5. The van der Waals surface area contributed by atoms with Crippen LogP contribution in [-0.4, -0.2) is 151 Å². The molecule has 2 aromatic rings. The van der Waals surface area contributed by atoms with E-state index in [1.807, 2.05) is 19.2 Å². The number of hydrogen-bond donors (Lipinski definition) is 7. The minimum Gasteiger partial charge on any atom is -0.445 e. The molecule has 0 saturated carbocycles. The Labute approximate surface area is 439 Å². The van der Waals surface area contributed by atoms with Crippen LogP contribution in [0, 0.1) is 23.7 Å². The maximum atomic E-state index is 14.5. The Bertz CT molecular complexity index is 2210. The average molecular weight is 1060 g/mol. The molecule has 1 saturated heterocycles. The fourth-order valence-electron chi connectivity index (χ4n) is 8.65. The van der Waals surface area contributed by atoms with Gasteiger partial charge in [0.15, 0.2) is 0 Å². The SMILES string of the molecule is CC[C@H](C)[C@@H]([C@@H](CC(=O)N1CCC[C@H]1[C@H](OC)[C@@H](C)C(=O)NCc1nccs1)OC)N(C)C(=O)[C@@H](NC(=O)C(C)(C)NC(=O)OCc1ccc(NC(=O)CNC(=O)C(NC(=O)CNC(C)=O)C(C)C)cc1)C(C)C. The number of likely N-dealkylation sites (tertiary alicyclic amines) is 1. The number of aromatic nitrogens is 1. The lowest BCUT2D eigenvalue weighted by molar-refractivity contribution is -0.148. The van der Waals surface area contributed by atoms with Crippen LogP contribution in [-0.2, 0) is 65.7 Å². The molecule has 3 rings (SSSR count). The Balaban J connectivity index is 1.59. The van der Waals surface area contributed by atoms with Crippen molar-refractivity contribution in [3.63, 3.8) is 0 Å². The second kappa shape index (κ2) is 29.6. The summed E-state index contributed by atoms with van der Waals surface area (Å²) in [5.41, 5.74) is -0.588. The highest BCUT2D eigenvalue weighted by Crippen LogP contribution is 2.30. The summed E-state index contributed by atoms with van der Waals surface area (Å²) < 4.78 is 17.3. The van der Waals surface area contributed by atoms with Gasteiger partial charge < -0.3 is 61.2 Å². The molecular formula is C51H80N10O12S. The number of anilines is 1. The molecule has 1 aromatic carbocycles. The molecule has 0 radical (unpaired) electrons. The number of carbonyl (C=O) groups is 9. The summed E-state index contributed by atoms with van der Waals surface area (Å²) in [6, 6.07) is 3.47. The minimum absolute atomic E-state index is 0.0476. The molecule has 0 bridgehead atoms. The smallest absolute Gasteiger partial charge is 0.408 e. The molecule has 7 N–H and O–H groups in total. The van der Waals surface area contributed by atoms with Crippen LogP contribution in [0.25, 0.3) is 0 Å². The number of carbonyl (C=O) groups excluding carboxylic acids is 9. The molecule has 1 aliphatic heterocycles. The summed E-state index contributed by atoms with van der Waals surface area (Å²) >= 11 is 1.45. The van der Waals surface area contributed by atoms with Crippen LogP contribution in [0.15, 0.2) is 35.8 Å². The van der Waals surface area contributed by atoms with Gasteiger partial charge in [0.2, 0.25) is 47.3 Å². The summed E-state index contributed by atoms with van der Waals surface area (Å²) in [6.07, 6.45) is 1.46. The summed E-state index contributed by atoms with van der Waals surface area (Å²) in [6.45, 7) is 16.9. The lowest BCUT2D eigenvalue weighted by Gasteiger charge is -2.41. The number of ether oxygens (including phenoxy) is 3. The molecule has 1 unspecified atom stereocenters. The normalized spacial score (nSPS) is 16.4. The number of alkyl carbamates (subject to hydrolysis) is 1. The van der Waals surface area contributed by atoms with Gasteiger partial charge >= 0.3 is 6.09 Å². The van der Waals surface area contributed by atoms with Crippen molar-refractivity contribution in [2.75, 3.05) is 46.2 Å². The Hall–Kier alpha value is -6.20. The van der Waals surface area contributed by atoms with Crippen molar-refractivity contribution in [2.45, 2.75) is 150 Å². The first-order valence-electron chi connectivity index (χ1n) is 25.1. The fraction of sp³-hybridized carbons (Fsp3) is 0.647. The van der Waals surface area contributed by atoms with Crippen LogP contribution in [0.1, 0.15) is 105 Å². The van der Waals surface area contributed by atoms with Gasteiger partial charge in [0.1, 0.15) is 29.2 Å². The van der Waals surface area contributed by atoms with Gasteiger partial charge in [-0.3, -0.25) is 38.4 Å². The monoisotopic (exact) mass is 1060 g/mol. The lowest BCUT2D eigenvalue weighted by Crippen LogP contribution is -2.62. The van der Waals surface area contributed by atoms with Gasteiger partial charge in [-0.1, -0.05) is 67.0 Å². The Kier molecular flexibility index (Phi) is 24.9. The highest BCUT2D eigenvalue weighted by atomic mass is 32.1. The van der Waals surface area contributed by atoms with Gasteiger partial charge in [0.25, 0.3) is 0 Å². The molecule has 8 atom stereocenters. The minimum atomic E-state index is -1.54. The van der Waals surface area contributed by atoms with Crippen LogP contribution in [0.2, 0.25) is 0 Å². The van der Waals surface area contributed by atoms with E-state index in [0.717, 1.165) is 11.4 Å². The van der Waals surface area contributed by atoms with Gasteiger partial charge in [-0.05, 0) is 62.1 Å². The van der Waals surface area contributed by atoms with Gasteiger partial charge in [-0.25, -0.2) is 9.78 Å². The largest absolute Gasteiger partial charge is 0.445 e. The van der Waals surface area contributed by atoms with E-state index in [4.69, 9.17) is 14.2 Å². The number of amides is 9. The standard InChI is InChI=1S/C51H80N10O12S/c1-14-31(6)44(37(71-12)24-41(65)61-22-15-16-36(61)45(72-13)32(7)46(66)55-27-40-52-21-23-74-40)60(11)48(68)43(30(4)5)58-49(69)51(9,10)59-50(70)73-28-34-17-19-35(20-18-34)56-38(63)26-54-47(67)42(29(2)3)57-39(64)25-53-33(8)62/h17-21,23,29-32,36-37,42-45H,14-16,22,24-28H2,1-13H3,(H,53,62)(H,54,67)(H,55,66)(H,56,63)(H,57,64)(H,58,69)(H,59,70)/t31-,32+,36-,37+,42?,43-,44-,45+/m0/s1. The number of nitrogens with one attached hydrogen (secondary N) is 7. The number of methoxy groups -OCH3 is 2. The van der Waals surface area contributed by atoms with Crippen molar-refractivity contribution in [3.05, 3.63) is 46.4 Å². The maximum Gasteiger partial charge on any atom is 0.408 e. The zero-order valence-corrected chi connectivity index (χ0v) is 46.1. The third kappa shape index (κ3) is 18.6. The van der Waals surface area contributed by atoms with Gasteiger partial charge in [0.05, 0.1) is 56.3 Å². The Morgan fingerprint density at radius 3 is 2.07 bits per heavy atom. The van der Waals surface area contributed by atoms with E-state index in [1.54, 1.807) is 89.0 Å².